The molecule has 3 heteroatoms. The monoisotopic (exact) mass is 205 g/mol. The molecule has 1 aromatic carbocycles. The summed E-state index contributed by atoms with van der Waals surface area (Å²) in [5.74, 6) is 1.64. The molecule has 1 aromatic rings. The molecule has 2 heterocycles. The molecule has 2 aliphatic rings. The second kappa shape index (κ2) is 3.74. The fraction of sp³-hybridized carbons (Fsp3) is 0.500. The Hall–Kier alpha value is -1.22. The van der Waals surface area contributed by atoms with E-state index in [0.717, 1.165) is 38.5 Å². The van der Waals surface area contributed by atoms with Gasteiger partial charge in [0.25, 0.3) is 0 Å². The normalized spacial score (nSPS) is 19.2. The summed E-state index contributed by atoms with van der Waals surface area (Å²) >= 11 is 0. The first-order chi connectivity index (χ1) is 7.43. The first-order valence-electron chi connectivity index (χ1n) is 5.50. The molecule has 15 heavy (non-hydrogen) atoms. The summed E-state index contributed by atoms with van der Waals surface area (Å²) in [6.07, 6.45) is 1.08. The van der Waals surface area contributed by atoms with Gasteiger partial charge in [0.15, 0.2) is 0 Å². The van der Waals surface area contributed by atoms with Gasteiger partial charge in [0.05, 0.1) is 19.8 Å². The van der Waals surface area contributed by atoms with Gasteiger partial charge in [-0.3, -0.25) is 0 Å². The molecule has 2 aliphatic heterocycles. The second-order valence-electron chi connectivity index (χ2n) is 4.17. The third-order valence-electron chi connectivity index (χ3n) is 3.01. The van der Waals surface area contributed by atoms with E-state index in [4.69, 9.17) is 9.47 Å². The number of hydrogen-bond donors (Lipinski definition) is 1. The van der Waals surface area contributed by atoms with E-state index in [1.165, 1.54) is 11.3 Å². The topological polar surface area (TPSA) is 30.5 Å². The minimum atomic E-state index is 0.593. The summed E-state index contributed by atoms with van der Waals surface area (Å²) in [6.45, 7) is 3.53. The van der Waals surface area contributed by atoms with E-state index >= 15 is 0 Å². The molecular formula is C12H15NO2. The Morgan fingerprint density at radius 1 is 1.40 bits per heavy atom. The van der Waals surface area contributed by atoms with Gasteiger partial charge >= 0.3 is 0 Å². The Bertz CT molecular complexity index is 361. The lowest BCUT2D eigenvalue weighted by Gasteiger charge is -2.26. The smallest absolute Gasteiger partial charge is 0.124 e. The lowest BCUT2D eigenvalue weighted by atomic mass is 10.1. The molecule has 80 valence electrons. The fourth-order valence-corrected chi connectivity index (χ4v) is 2.03. The quantitative estimate of drug-likeness (QED) is 0.814. The maximum atomic E-state index is 5.83. The molecule has 0 radical (unpaired) electrons. The Kier molecular flexibility index (Phi) is 2.25. The standard InChI is InChI=1S/C12H15NO2/c1-2-11-10(4-5-13-11)12(3-1)15-8-9-6-14-7-9/h1-3,9,13H,4-8H2. The third kappa shape index (κ3) is 1.67. The first-order valence-corrected chi connectivity index (χ1v) is 5.50. The Labute approximate surface area is 89.4 Å². The van der Waals surface area contributed by atoms with Crippen LogP contribution in [0.5, 0.6) is 5.75 Å². The molecule has 3 rings (SSSR count). The van der Waals surface area contributed by atoms with Crippen LogP contribution in [-0.2, 0) is 11.2 Å². The average Bonchev–Trinajstić information content (AvgIpc) is 2.63. The zero-order valence-corrected chi connectivity index (χ0v) is 8.66. The summed E-state index contributed by atoms with van der Waals surface area (Å²) in [4.78, 5) is 0. The number of anilines is 1. The number of nitrogens with one attached hydrogen (secondary N) is 1. The lowest BCUT2D eigenvalue weighted by molar-refractivity contribution is -0.0509. The van der Waals surface area contributed by atoms with Gasteiger partial charge in [-0.2, -0.15) is 0 Å². The van der Waals surface area contributed by atoms with Gasteiger partial charge in [-0.1, -0.05) is 6.07 Å². The summed E-state index contributed by atoms with van der Waals surface area (Å²) in [6, 6.07) is 6.22. The van der Waals surface area contributed by atoms with Crippen molar-refractivity contribution in [3.63, 3.8) is 0 Å². The molecule has 1 saturated heterocycles. The molecule has 0 bridgehead atoms. The molecule has 0 unspecified atom stereocenters. The average molecular weight is 205 g/mol. The largest absolute Gasteiger partial charge is 0.493 e. The predicted molar refractivity (Wildman–Crippen MR) is 58.4 cm³/mol. The third-order valence-corrected chi connectivity index (χ3v) is 3.01. The lowest BCUT2D eigenvalue weighted by Crippen LogP contribution is -2.32. The van der Waals surface area contributed by atoms with E-state index in [1.54, 1.807) is 0 Å². The molecule has 0 amide bonds. The van der Waals surface area contributed by atoms with Gasteiger partial charge in [-0.25, -0.2) is 0 Å². The van der Waals surface area contributed by atoms with Crippen LogP contribution >= 0.6 is 0 Å². The van der Waals surface area contributed by atoms with Crippen LogP contribution in [0.3, 0.4) is 0 Å². The minimum absolute atomic E-state index is 0.593. The summed E-state index contributed by atoms with van der Waals surface area (Å²) in [5.41, 5.74) is 2.56. The van der Waals surface area contributed by atoms with Gasteiger partial charge in [0.1, 0.15) is 5.75 Å². The molecule has 3 nitrogen and oxygen atoms in total. The van der Waals surface area contributed by atoms with Crippen molar-refractivity contribution >= 4 is 5.69 Å². The molecule has 1 fully saturated rings. The van der Waals surface area contributed by atoms with Crippen molar-refractivity contribution in [3.05, 3.63) is 23.8 Å². The highest BCUT2D eigenvalue weighted by atomic mass is 16.5. The fourth-order valence-electron chi connectivity index (χ4n) is 2.03. The van der Waals surface area contributed by atoms with Crippen LogP contribution in [0.25, 0.3) is 0 Å². The van der Waals surface area contributed by atoms with E-state index in [1.807, 2.05) is 6.07 Å². The van der Waals surface area contributed by atoms with E-state index in [0.29, 0.717) is 5.92 Å². The molecule has 0 spiro atoms. The van der Waals surface area contributed by atoms with Gasteiger partial charge in [0.2, 0.25) is 0 Å². The van der Waals surface area contributed by atoms with Crippen LogP contribution in [-0.4, -0.2) is 26.4 Å². The number of ether oxygens (including phenoxy) is 2. The first kappa shape index (κ1) is 9.04. The Morgan fingerprint density at radius 2 is 2.33 bits per heavy atom. The number of fused-ring (bicyclic) bond motifs is 1. The maximum absolute atomic E-state index is 5.83. The Balaban J connectivity index is 1.71. The van der Waals surface area contributed by atoms with E-state index in [2.05, 4.69) is 17.4 Å². The van der Waals surface area contributed by atoms with Gasteiger partial charge in [-0.15, -0.1) is 0 Å². The van der Waals surface area contributed by atoms with Crippen LogP contribution in [0, 0.1) is 5.92 Å². The number of benzene rings is 1. The van der Waals surface area contributed by atoms with Crippen molar-refractivity contribution in [2.75, 3.05) is 31.7 Å². The zero-order chi connectivity index (χ0) is 10.1. The van der Waals surface area contributed by atoms with Crippen LogP contribution in [0.1, 0.15) is 5.56 Å². The molecule has 0 aliphatic carbocycles. The highest BCUT2D eigenvalue weighted by Gasteiger charge is 2.20. The SMILES string of the molecule is c1cc2c(c(OCC3COC3)c1)CCN2. The summed E-state index contributed by atoms with van der Waals surface area (Å²) in [7, 11) is 0. The van der Waals surface area contributed by atoms with Crippen molar-refractivity contribution < 1.29 is 9.47 Å². The second-order valence-corrected chi connectivity index (χ2v) is 4.17. The molecule has 0 aromatic heterocycles. The van der Waals surface area contributed by atoms with E-state index < -0.39 is 0 Å². The number of rotatable bonds is 3. The minimum Gasteiger partial charge on any atom is -0.493 e. The van der Waals surface area contributed by atoms with Crippen LogP contribution in [0.4, 0.5) is 5.69 Å². The molecule has 0 atom stereocenters. The van der Waals surface area contributed by atoms with Crippen molar-refractivity contribution in [1.82, 2.24) is 0 Å². The summed E-state index contributed by atoms with van der Waals surface area (Å²) in [5, 5.41) is 3.35. The Morgan fingerprint density at radius 3 is 3.13 bits per heavy atom. The highest BCUT2D eigenvalue weighted by molar-refractivity contribution is 5.61. The van der Waals surface area contributed by atoms with Crippen molar-refractivity contribution in [2.24, 2.45) is 5.92 Å². The highest BCUT2D eigenvalue weighted by Crippen LogP contribution is 2.31. The van der Waals surface area contributed by atoms with Crippen molar-refractivity contribution in [2.45, 2.75) is 6.42 Å². The number of hydrogen-bond acceptors (Lipinski definition) is 3. The predicted octanol–water partition coefficient (Wildman–Crippen LogP) is 1.68. The van der Waals surface area contributed by atoms with Crippen molar-refractivity contribution in [3.8, 4) is 5.75 Å². The van der Waals surface area contributed by atoms with Crippen LogP contribution in [0.15, 0.2) is 18.2 Å². The van der Waals surface area contributed by atoms with Gasteiger partial charge < -0.3 is 14.8 Å². The van der Waals surface area contributed by atoms with Gasteiger partial charge in [-0.05, 0) is 18.6 Å². The van der Waals surface area contributed by atoms with Crippen LogP contribution < -0.4 is 10.1 Å². The van der Waals surface area contributed by atoms with E-state index in [9.17, 15) is 0 Å². The van der Waals surface area contributed by atoms with E-state index in [-0.39, 0.29) is 0 Å². The molecule has 0 saturated carbocycles. The van der Waals surface area contributed by atoms with Gasteiger partial charge in [0, 0.05) is 23.7 Å². The maximum Gasteiger partial charge on any atom is 0.124 e. The van der Waals surface area contributed by atoms with Crippen molar-refractivity contribution in [1.29, 1.82) is 0 Å². The van der Waals surface area contributed by atoms with Crippen LogP contribution in [0.2, 0.25) is 0 Å². The zero-order valence-electron chi connectivity index (χ0n) is 8.66. The molecule has 1 N–H and O–H groups in total. The summed E-state index contributed by atoms with van der Waals surface area (Å²) < 4.78 is 11.0. The molecular weight excluding hydrogens is 190 g/mol.